The van der Waals surface area contributed by atoms with Crippen LogP contribution in [0.25, 0.3) is 0 Å². The molecule has 4 rings (SSSR count). The average molecular weight is 408 g/mol. The number of nitrogens with zero attached hydrogens (tertiary/aromatic N) is 6. The van der Waals surface area contributed by atoms with Crippen molar-refractivity contribution in [1.29, 1.82) is 0 Å². The molecule has 1 aromatic carbocycles. The summed E-state index contributed by atoms with van der Waals surface area (Å²) in [5.74, 6) is 1.99. The lowest BCUT2D eigenvalue weighted by molar-refractivity contribution is 0.413. The molecule has 3 aromatic rings. The van der Waals surface area contributed by atoms with E-state index in [0.29, 0.717) is 0 Å². The molecule has 30 heavy (non-hydrogen) atoms. The van der Waals surface area contributed by atoms with E-state index in [-0.39, 0.29) is 6.04 Å². The fourth-order valence-corrected chi connectivity index (χ4v) is 3.86. The van der Waals surface area contributed by atoms with Gasteiger partial charge in [-0.25, -0.2) is 9.97 Å². The average Bonchev–Trinajstić information content (AvgIpc) is 3.31. The molecule has 0 aliphatic carbocycles. The van der Waals surface area contributed by atoms with Gasteiger partial charge in [0.25, 0.3) is 0 Å². The van der Waals surface area contributed by atoms with Crippen molar-refractivity contribution < 1.29 is 4.74 Å². The zero-order valence-corrected chi connectivity index (χ0v) is 17.6. The van der Waals surface area contributed by atoms with E-state index < -0.39 is 0 Å². The van der Waals surface area contributed by atoms with Crippen LogP contribution < -0.4 is 19.9 Å². The number of anilines is 2. The lowest BCUT2D eigenvalue weighted by atomic mass is 10.2. The van der Waals surface area contributed by atoms with Crippen LogP contribution >= 0.6 is 0 Å². The molecule has 0 radical (unpaired) electrons. The molecule has 8 heteroatoms. The maximum absolute atomic E-state index is 5.53. The summed E-state index contributed by atoms with van der Waals surface area (Å²) in [5, 5.41) is 7.76. The lowest BCUT2D eigenvalue weighted by Gasteiger charge is -2.38. The van der Waals surface area contributed by atoms with Gasteiger partial charge in [0.1, 0.15) is 24.2 Å². The predicted molar refractivity (Wildman–Crippen MR) is 118 cm³/mol. The number of aromatic nitrogens is 4. The molecule has 8 nitrogen and oxygen atoms in total. The first kappa shape index (κ1) is 20.2. The van der Waals surface area contributed by atoms with Crippen LogP contribution in [0.15, 0.2) is 55.2 Å². The Morgan fingerprint density at radius 3 is 2.63 bits per heavy atom. The summed E-state index contributed by atoms with van der Waals surface area (Å²) >= 11 is 0. The summed E-state index contributed by atoms with van der Waals surface area (Å²) in [7, 11) is 1.73. The highest BCUT2D eigenvalue weighted by atomic mass is 16.5. The maximum Gasteiger partial charge on any atom is 0.142 e. The third-order valence-electron chi connectivity index (χ3n) is 5.44. The van der Waals surface area contributed by atoms with E-state index in [1.165, 1.54) is 5.56 Å². The summed E-state index contributed by atoms with van der Waals surface area (Å²) in [6.07, 6.45) is 5.19. The molecule has 0 unspecified atom stereocenters. The molecule has 1 fully saturated rings. The van der Waals surface area contributed by atoms with Gasteiger partial charge in [-0.3, -0.25) is 4.68 Å². The van der Waals surface area contributed by atoms with Gasteiger partial charge in [-0.05, 0) is 25.1 Å². The van der Waals surface area contributed by atoms with Crippen LogP contribution in [0, 0.1) is 0 Å². The van der Waals surface area contributed by atoms with E-state index >= 15 is 0 Å². The van der Waals surface area contributed by atoms with Crippen molar-refractivity contribution in [3.63, 3.8) is 0 Å². The Kier molecular flexibility index (Phi) is 6.44. The first-order valence-corrected chi connectivity index (χ1v) is 10.4. The van der Waals surface area contributed by atoms with E-state index in [4.69, 9.17) is 9.72 Å². The molecule has 3 heterocycles. The normalized spacial score (nSPS) is 15.3. The zero-order chi connectivity index (χ0) is 20.8. The summed E-state index contributed by atoms with van der Waals surface area (Å²) in [4.78, 5) is 13.5. The van der Waals surface area contributed by atoms with Crippen LogP contribution in [0.2, 0.25) is 0 Å². The van der Waals surface area contributed by atoms with E-state index in [9.17, 15) is 0 Å². The SMILES string of the molecule is COc1ccccc1N1CCN(c2ncccc2CN[C@H](C)Cn2cncn2)CC1. The molecule has 2 aromatic heterocycles. The minimum atomic E-state index is 0.280. The van der Waals surface area contributed by atoms with Gasteiger partial charge in [-0.1, -0.05) is 18.2 Å². The van der Waals surface area contributed by atoms with Crippen LogP contribution in [0.5, 0.6) is 5.75 Å². The van der Waals surface area contributed by atoms with E-state index in [2.05, 4.69) is 50.3 Å². The van der Waals surface area contributed by atoms with Gasteiger partial charge in [0, 0.05) is 50.5 Å². The number of nitrogens with one attached hydrogen (secondary N) is 1. The third kappa shape index (κ3) is 4.71. The number of methoxy groups -OCH3 is 1. The maximum atomic E-state index is 5.53. The molecular formula is C22H29N7O. The van der Waals surface area contributed by atoms with E-state index in [0.717, 1.165) is 56.5 Å². The van der Waals surface area contributed by atoms with Crippen LogP contribution in [0.1, 0.15) is 12.5 Å². The minimum absolute atomic E-state index is 0.280. The van der Waals surface area contributed by atoms with Crippen molar-refractivity contribution in [2.75, 3.05) is 43.1 Å². The standard InChI is InChI=1S/C22H29N7O/c1-18(15-29-17-23-16-26-29)25-14-19-6-5-9-24-22(19)28-12-10-27(11-13-28)20-7-3-4-8-21(20)30-2/h3-9,16-18,25H,10-15H2,1-2H3/t18-/m1/s1. The number of para-hydroxylation sites is 2. The van der Waals surface area contributed by atoms with Crippen LogP contribution in [-0.4, -0.2) is 59.1 Å². The first-order valence-electron chi connectivity index (χ1n) is 10.4. The summed E-state index contributed by atoms with van der Waals surface area (Å²) < 4.78 is 7.38. The molecule has 1 aliphatic rings. The molecule has 0 spiro atoms. The van der Waals surface area contributed by atoms with Crippen molar-refractivity contribution in [1.82, 2.24) is 25.1 Å². The molecule has 0 bridgehead atoms. The molecule has 1 atom stereocenters. The number of hydrogen-bond acceptors (Lipinski definition) is 7. The highest BCUT2D eigenvalue weighted by Gasteiger charge is 2.22. The van der Waals surface area contributed by atoms with Crippen molar-refractivity contribution in [3.8, 4) is 5.75 Å². The minimum Gasteiger partial charge on any atom is -0.495 e. The monoisotopic (exact) mass is 407 g/mol. The second kappa shape index (κ2) is 9.58. The molecular weight excluding hydrogens is 378 g/mol. The van der Waals surface area contributed by atoms with Crippen molar-refractivity contribution >= 4 is 11.5 Å². The van der Waals surface area contributed by atoms with Crippen LogP contribution in [0.3, 0.4) is 0 Å². The molecule has 1 saturated heterocycles. The number of pyridine rings is 1. The van der Waals surface area contributed by atoms with Crippen molar-refractivity contribution in [2.24, 2.45) is 0 Å². The Morgan fingerprint density at radius 1 is 1.07 bits per heavy atom. The van der Waals surface area contributed by atoms with Gasteiger partial charge in [0.2, 0.25) is 0 Å². The first-order chi connectivity index (χ1) is 14.7. The number of ether oxygens (including phenoxy) is 1. The fraction of sp³-hybridized carbons (Fsp3) is 0.409. The molecule has 0 amide bonds. The largest absolute Gasteiger partial charge is 0.495 e. The van der Waals surface area contributed by atoms with Gasteiger partial charge in [0.05, 0.1) is 19.3 Å². The number of hydrogen-bond donors (Lipinski definition) is 1. The van der Waals surface area contributed by atoms with Crippen LogP contribution in [-0.2, 0) is 13.1 Å². The van der Waals surface area contributed by atoms with Gasteiger partial charge < -0.3 is 19.9 Å². The van der Waals surface area contributed by atoms with Gasteiger partial charge in [0.15, 0.2) is 0 Å². The highest BCUT2D eigenvalue weighted by molar-refractivity contribution is 5.60. The third-order valence-corrected chi connectivity index (χ3v) is 5.44. The van der Waals surface area contributed by atoms with E-state index in [1.807, 2.05) is 29.1 Å². The smallest absolute Gasteiger partial charge is 0.142 e. The topological polar surface area (TPSA) is 71.3 Å². The van der Waals surface area contributed by atoms with Crippen molar-refractivity contribution in [3.05, 3.63) is 60.8 Å². The summed E-state index contributed by atoms with van der Waals surface area (Å²) in [5.41, 5.74) is 2.37. The fourth-order valence-electron chi connectivity index (χ4n) is 3.86. The Bertz CT molecular complexity index is 923. The second-order valence-corrected chi connectivity index (χ2v) is 7.53. The lowest BCUT2D eigenvalue weighted by Crippen LogP contribution is -2.47. The molecule has 1 aliphatic heterocycles. The Balaban J connectivity index is 1.37. The number of rotatable bonds is 8. The van der Waals surface area contributed by atoms with Crippen LogP contribution in [0.4, 0.5) is 11.5 Å². The second-order valence-electron chi connectivity index (χ2n) is 7.53. The number of piperazine rings is 1. The Morgan fingerprint density at radius 2 is 1.87 bits per heavy atom. The Hall–Kier alpha value is -3.13. The highest BCUT2D eigenvalue weighted by Crippen LogP contribution is 2.29. The molecule has 0 saturated carbocycles. The predicted octanol–water partition coefficient (Wildman–Crippen LogP) is 2.19. The quantitative estimate of drug-likeness (QED) is 0.614. The van der Waals surface area contributed by atoms with E-state index in [1.54, 1.807) is 19.8 Å². The van der Waals surface area contributed by atoms with Gasteiger partial charge >= 0.3 is 0 Å². The van der Waals surface area contributed by atoms with Crippen molar-refractivity contribution in [2.45, 2.75) is 26.1 Å². The van der Waals surface area contributed by atoms with Gasteiger partial charge in [-0.15, -0.1) is 0 Å². The number of benzene rings is 1. The zero-order valence-electron chi connectivity index (χ0n) is 17.6. The summed E-state index contributed by atoms with van der Waals surface area (Å²) in [6.45, 7) is 7.44. The molecule has 1 N–H and O–H groups in total. The molecule has 158 valence electrons. The Labute approximate surface area is 177 Å². The summed E-state index contributed by atoms with van der Waals surface area (Å²) in [6, 6.07) is 12.7. The van der Waals surface area contributed by atoms with Gasteiger partial charge in [-0.2, -0.15) is 5.10 Å².